The molecule has 0 radical (unpaired) electrons. The predicted molar refractivity (Wildman–Crippen MR) is 37.8 cm³/mol. The lowest BCUT2D eigenvalue weighted by Gasteiger charge is -1.96. The Morgan fingerprint density at radius 3 is 2.27 bits per heavy atom. The Labute approximate surface area is 66.6 Å². The highest BCUT2D eigenvalue weighted by Crippen LogP contribution is 2.23. The molecular formula is C7H3F2NS. The Hall–Kier alpha value is -1.08. The summed E-state index contributed by atoms with van der Waals surface area (Å²) in [5, 5.41) is 9.75. The predicted octanol–water partition coefficient (Wildman–Crippen LogP) is 2.54. The molecule has 0 heterocycles. The van der Waals surface area contributed by atoms with Gasteiger partial charge in [-0.25, -0.2) is 8.78 Å². The largest absolute Gasteiger partial charge is 0.206 e. The van der Waals surface area contributed by atoms with Crippen LogP contribution in [0.5, 0.6) is 0 Å². The summed E-state index contributed by atoms with van der Waals surface area (Å²) in [5.74, 6) is -1.40. The fourth-order valence-electron chi connectivity index (χ4n) is 0.626. The van der Waals surface area contributed by atoms with Crippen LogP contribution < -0.4 is 0 Å². The van der Waals surface area contributed by atoms with E-state index in [0.29, 0.717) is 11.8 Å². The van der Waals surface area contributed by atoms with Crippen LogP contribution in [0, 0.1) is 22.3 Å². The standard InChI is InChI=1S/C7H3F2NS/c8-5-2-1-3-6(9)7(5)11-4-10/h1-3H. The topological polar surface area (TPSA) is 23.8 Å². The molecule has 1 rings (SSSR count). The van der Waals surface area contributed by atoms with Crippen molar-refractivity contribution >= 4 is 11.8 Å². The number of benzene rings is 1. The number of thiocyanates is 1. The van der Waals surface area contributed by atoms with Crippen molar-refractivity contribution in [2.75, 3.05) is 0 Å². The molecule has 0 aliphatic rings. The van der Waals surface area contributed by atoms with Crippen molar-refractivity contribution in [2.45, 2.75) is 4.90 Å². The first kappa shape index (κ1) is 8.02. The van der Waals surface area contributed by atoms with Crippen molar-refractivity contribution in [3.63, 3.8) is 0 Å². The molecule has 0 N–H and O–H groups in total. The van der Waals surface area contributed by atoms with Crippen LogP contribution in [0.3, 0.4) is 0 Å². The van der Waals surface area contributed by atoms with Gasteiger partial charge >= 0.3 is 0 Å². The van der Waals surface area contributed by atoms with E-state index in [-0.39, 0.29) is 4.90 Å². The molecule has 0 fully saturated rings. The molecule has 0 saturated heterocycles. The lowest BCUT2D eigenvalue weighted by atomic mass is 10.3. The second kappa shape index (κ2) is 3.35. The molecule has 0 bridgehead atoms. The summed E-state index contributed by atoms with van der Waals surface area (Å²) >= 11 is 0.484. The molecule has 1 aromatic rings. The lowest BCUT2D eigenvalue weighted by Crippen LogP contribution is -1.84. The van der Waals surface area contributed by atoms with Crippen molar-refractivity contribution < 1.29 is 8.78 Å². The minimum absolute atomic E-state index is 0.241. The van der Waals surface area contributed by atoms with Gasteiger partial charge < -0.3 is 0 Å². The third kappa shape index (κ3) is 1.69. The van der Waals surface area contributed by atoms with Crippen molar-refractivity contribution in [1.29, 1.82) is 5.26 Å². The summed E-state index contributed by atoms with van der Waals surface area (Å²) in [7, 11) is 0. The second-order valence-electron chi connectivity index (χ2n) is 1.74. The van der Waals surface area contributed by atoms with Crippen LogP contribution in [-0.4, -0.2) is 0 Å². The summed E-state index contributed by atoms with van der Waals surface area (Å²) in [5.41, 5.74) is 0. The van der Waals surface area contributed by atoms with Gasteiger partial charge in [0.25, 0.3) is 0 Å². The Morgan fingerprint density at radius 2 is 1.82 bits per heavy atom. The number of nitrogens with zero attached hydrogens (tertiary/aromatic N) is 1. The summed E-state index contributed by atoms with van der Waals surface area (Å²) in [6.07, 6.45) is 0. The molecule has 1 aromatic carbocycles. The minimum atomic E-state index is -0.698. The zero-order chi connectivity index (χ0) is 8.27. The van der Waals surface area contributed by atoms with Crippen LogP contribution in [-0.2, 0) is 0 Å². The molecule has 0 amide bonds. The van der Waals surface area contributed by atoms with Gasteiger partial charge in [0.1, 0.15) is 17.0 Å². The fourth-order valence-corrected chi connectivity index (χ4v) is 1.05. The van der Waals surface area contributed by atoms with Crippen molar-refractivity contribution in [2.24, 2.45) is 0 Å². The number of rotatable bonds is 1. The zero-order valence-corrected chi connectivity index (χ0v) is 6.16. The first-order valence-corrected chi connectivity index (χ1v) is 3.57. The maximum absolute atomic E-state index is 12.6. The van der Waals surface area contributed by atoms with E-state index in [1.807, 2.05) is 0 Å². The normalized spacial score (nSPS) is 9.18. The summed E-state index contributed by atoms with van der Waals surface area (Å²) in [6.45, 7) is 0. The minimum Gasteiger partial charge on any atom is -0.206 e. The van der Waals surface area contributed by atoms with Gasteiger partial charge in [0.2, 0.25) is 0 Å². The molecule has 4 heteroatoms. The quantitative estimate of drug-likeness (QED) is 0.479. The van der Waals surface area contributed by atoms with E-state index < -0.39 is 11.6 Å². The van der Waals surface area contributed by atoms with Crippen LogP contribution in [0.15, 0.2) is 23.1 Å². The highest BCUT2D eigenvalue weighted by atomic mass is 32.2. The van der Waals surface area contributed by atoms with Crippen molar-refractivity contribution in [3.8, 4) is 5.40 Å². The highest BCUT2D eigenvalue weighted by Gasteiger charge is 2.07. The molecule has 1 nitrogen and oxygen atoms in total. The average Bonchev–Trinajstić information content (AvgIpc) is 1.97. The summed E-state index contributed by atoms with van der Waals surface area (Å²) in [4.78, 5) is -0.241. The smallest absolute Gasteiger partial charge is 0.140 e. The molecule has 0 atom stereocenters. The van der Waals surface area contributed by atoms with E-state index in [4.69, 9.17) is 5.26 Å². The number of hydrogen-bond donors (Lipinski definition) is 0. The van der Waals surface area contributed by atoms with Crippen molar-refractivity contribution in [1.82, 2.24) is 0 Å². The zero-order valence-electron chi connectivity index (χ0n) is 5.34. The maximum Gasteiger partial charge on any atom is 0.140 e. The molecule has 0 aromatic heterocycles. The summed E-state index contributed by atoms with van der Waals surface area (Å²) in [6, 6.07) is 3.48. The van der Waals surface area contributed by atoms with Crippen molar-refractivity contribution in [3.05, 3.63) is 29.8 Å². The third-order valence-corrected chi connectivity index (χ3v) is 1.75. The monoisotopic (exact) mass is 171 g/mol. The van der Waals surface area contributed by atoms with Gasteiger partial charge in [-0.3, -0.25) is 0 Å². The van der Waals surface area contributed by atoms with Crippen LogP contribution in [0.4, 0.5) is 8.78 Å². The van der Waals surface area contributed by atoms with E-state index in [0.717, 1.165) is 12.1 Å². The van der Waals surface area contributed by atoms with Crippen LogP contribution in [0.25, 0.3) is 0 Å². The van der Waals surface area contributed by atoms with Crippen LogP contribution >= 0.6 is 11.8 Å². The Balaban J connectivity index is 3.12. The average molecular weight is 171 g/mol. The molecule has 0 saturated carbocycles. The van der Waals surface area contributed by atoms with Gasteiger partial charge in [-0.1, -0.05) is 6.07 Å². The molecule has 0 spiro atoms. The molecule has 11 heavy (non-hydrogen) atoms. The molecule has 0 aliphatic heterocycles. The van der Waals surface area contributed by atoms with Crippen LogP contribution in [0.1, 0.15) is 0 Å². The van der Waals surface area contributed by atoms with E-state index in [9.17, 15) is 8.78 Å². The third-order valence-electron chi connectivity index (χ3n) is 1.07. The SMILES string of the molecule is N#CSc1c(F)cccc1F. The van der Waals surface area contributed by atoms with Gasteiger partial charge in [-0.15, -0.1) is 0 Å². The number of halogens is 2. The van der Waals surface area contributed by atoms with E-state index in [1.54, 1.807) is 5.40 Å². The number of nitriles is 1. The van der Waals surface area contributed by atoms with Gasteiger partial charge in [-0.05, 0) is 23.9 Å². The van der Waals surface area contributed by atoms with Crippen LogP contribution in [0.2, 0.25) is 0 Å². The number of thioether (sulfide) groups is 1. The lowest BCUT2D eigenvalue weighted by molar-refractivity contribution is 0.541. The van der Waals surface area contributed by atoms with Gasteiger partial charge in [-0.2, -0.15) is 5.26 Å². The highest BCUT2D eigenvalue weighted by molar-refractivity contribution is 8.03. The number of hydrogen-bond acceptors (Lipinski definition) is 2. The van der Waals surface area contributed by atoms with Gasteiger partial charge in [0, 0.05) is 0 Å². The molecular weight excluding hydrogens is 168 g/mol. The Morgan fingerprint density at radius 1 is 1.27 bits per heavy atom. The first-order valence-electron chi connectivity index (χ1n) is 2.75. The Bertz CT molecular complexity index is 286. The van der Waals surface area contributed by atoms with E-state index >= 15 is 0 Å². The van der Waals surface area contributed by atoms with Gasteiger partial charge in [0.15, 0.2) is 0 Å². The molecule has 0 unspecified atom stereocenters. The second-order valence-corrected chi connectivity index (χ2v) is 2.54. The Kier molecular flexibility index (Phi) is 2.44. The first-order chi connectivity index (χ1) is 5.25. The molecule has 56 valence electrons. The van der Waals surface area contributed by atoms with E-state index in [1.165, 1.54) is 6.07 Å². The van der Waals surface area contributed by atoms with Gasteiger partial charge in [0.05, 0.1) is 4.90 Å². The summed E-state index contributed by atoms with van der Waals surface area (Å²) < 4.78 is 25.3. The fraction of sp³-hybridized carbons (Fsp3) is 0. The maximum atomic E-state index is 12.6. The molecule has 0 aliphatic carbocycles. The van der Waals surface area contributed by atoms with E-state index in [2.05, 4.69) is 0 Å².